The molecule has 5 heteroatoms. The average molecular weight is 327 g/mol. The van der Waals surface area contributed by atoms with Crippen LogP contribution in [-0.2, 0) is 0 Å². The van der Waals surface area contributed by atoms with E-state index >= 15 is 0 Å². The molecule has 0 amide bonds. The molecule has 0 bridgehead atoms. The molecule has 0 radical (unpaired) electrons. The normalized spacial score (nSPS) is 15.6. The Bertz CT molecular complexity index is 609. The van der Waals surface area contributed by atoms with Crippen molar-refractivity contribution in [2.24, 2.45) is 0 Å². The van der Waals surface area contributed by atoms with E-state index in [9.17, 15) is 0 Å². The van der Waals surface area contributed by atoms with Crippen LogP contribution in [0.2, 0.25) is 5.28 Å². The molecule has 0 aliphatic carbocycles. The summed E-state index contributed by atoms with van der Waals surface area (Å²) in [6.45, 7) is 4.14. The van der Waals surface area contributed by atoms with Gasteiger partial charge in [0.2, 0.25) is 5.28 Å². The number of fused-ring (bicyclic) bond motifs is 1. The van der Waals surface area contributed by atoms with Crippen molar-refractivity contribution in [1.29, 1.82) is 0 Å². The molecule has 1 fully saturated rings. The smallest absolute Gasteiger partial charge is 0.224 e. The van der Waals surface area contributed by atoms with E-state index in [4.69, 9.17) is 11.6 Å². The van der Waals surface area contributed by atoms with Gasteiger partial charge in [-0.2, -0.15) is 4.98 Å². The lowest BCUT2D eigenvalue weighted by molar-refractivity contribution is 0.938. The number of hydrogen-bond acceptors (Lipinski definition) is 3. The maximum Gasteiger partial charge on any atom is 0.224 e. The van der Waals surface area contributed by atoms with Gasteiger partial charge in [-0.05, 0) is 58.9 Å². The fraction of sp³-hybridized carbons (Fsp3) is 0.385. The predicted octanol–water partition coefficient (Wildman–Crippen LogP) is 3.95. The van der Waals surface area contributed by atoms with E-state index in [-0.39, 0.29) is 0 Å². The van der Waals surface area contributed by atoms with Gasteiger partial charge in [0.25, 0.3) is 0 Å². The van der Waals surface area contributed by atoms with Crippen molar-refractivity contribution in [2.45, 2.75) is 19.8 Å². The molecule has 3 rings (SSSR count). The van der Waals surface area contributed by atoms with Crippen LogP contribution < -0.4 is 4.90 Å². The Labute approximate surface area is 119 Å². The van der Waals surface area contributed by atoms with Gasteiger partial charge < -0.3 is 4.90 Å². The van der Waals surface area contributed by atoms with Gasteiger partial charge in [-0.15, -0.1) is 0 Å². The maximum atomic E-state index is 6.06. The molecule has 1 aromatic carbocycles. The molecule has 1 saturated heterocycles. The second-order valence-corrected chi connectivity index (χ2v) is 5.79. The van der Waals surface area contributed by atoms with Gasteiger partial charge in [0.1, 0.15) is 5.82 Å². The average Bonchev–Trinajstić information content (AvgIpc) is 2.86. The van der Waals surface area contributed by atoms with Crippen molar-refractivity contribution in [3.05, 3.63) is 27.5 Å². The van der Waals surface area contributed by atoms with Crippen LogP contribution in [0.15, 0.2) is 16.6 Å². The SMILES string of the molecule is Cc1ccc(Br)c2c(N3CCCC3)nc(Cl)nc12. The topological polar surface area (TPSA) is 29.0 Å². The van der Waals surface area contributed by atoms with Gasteiger partial charge in [-0.25, -0.2) is 4.98 Å². The van der Waals surface area contributed by atoms with E-state index in [2.05, 4.69) is 36.9 Å². The number of nitrogens with zero attached hydrogens (tertiary/aromatic N) is 3. The highest BCUT2D eigenvalue weighted by Crippen LogP contribution is 2.34. The first-order valence-electron chi connectivity index (χ1n) is 6.04. The molecule has 0 N–H and O–H groups in total. The van der Waals surface area contributed by atoms with Crippen LogP contribution in [-0.4, -0.2) is 23.1 Å². The molecule has 2 aromatic rings. The molecule has 0 saturated carbocycles. The first-order chi connectivity index (χ1) is 8.66. The quantitative estimate of drug-likeness (QED) is 0.743. The van der Waals surface area contributed by atoms with Gasteiger partial charge in [0.15, 0.2) is 0 Å². The lowest BCUT2D eigenvalue weighted by Crippen LogP contribution is -2.20. The van der Waals surface area contributed by atoms with E-state index in [1.165, 1.54) is 12.8 Å². The number of aryl methyl sites for hydroxylation is 1. The molecule has 18 heavy (non-hydrogen) atoms. The van der Waals surface area contributed by atoms with Crippen LogP contribution in [0, 0.1) is 6.92 Å². The molecular weight excluding hydrogens is 314 g/mol. The number of anilines is 1. The van der Waals surface area contributed by atoms with Gasteiger partial charge >= 0.3 is 0 Å². The second-order valence-electron chi connectivity index (χ2n) is 4.60. The third-order valence-electron chi connectivity index (χ3n) is 3.36. The van der Waals surface area contributed by atoms with E-state index in [0.717, 1.165) is 39.8 Å². The lowest BCUT2D eigenvalue weighted by atomic mass is 10.1. The summed E-state index contributed by atoms with van der Waals surface area (Å²) in [4.78, 5) is 11.1. The van der Waals surface area contributed by atoms with E-state index in [1.54, 1.807) is 0 Å². The summed E-state index contributed by atoms with van der Waals surface area (Å²) in [5, 5.41) is 1.40. The Morgan fingerprint density at radius 2 is 1.94 bits per heavy atom. The zero-order valence-corrected chi connectivity index (χ0v) is 12.4. The number of rotatable bonds is 1. The summed E-state index contributed by atoms with van der Waals surface area (Å²) < 4.78 is 1.03. The fourth-order valence-electron chi connectivity index (χ4n) is 2.45. The number of hydrogen-bond donors (Lipinski definition) is 0. The van der Waals surface area contributed by atoms with Gasteiger partial charge in [0.05, 0.1) is 10.9 Å². The predicted molar refractivity (Wildman–Crippen MR) is 78.4 cm³/mol. The molecule has 94 valence electrons. The fourth-order valence-corrected chi connectivity index (χ4v) is 3.11. The van der Waals surface area contributed by atoms with Gasteiger partial charge in [-0.1, -0.05) is 6.07 Å². The van der Waals surface area contributed by atoms with Crippen molar-refractivity contribution >= 4 is 44.3 Å². The summed E-state index contributed by atoms with van der Waals surface area (Å²) >= 11 is 9.67. The molecule has 2 heterocycles. The Kier molecular flexibility index (Phi) is 3.16. The molecule has 1 aromatic heterocycles. The highest BCUT2D eigenvalue weighted by molar-refractivity contribution is 9.10. The molecule has 0 atom stereocenters. The minimum atomic E-state index is 0.325. The Hall–Kier alpha value is -0.870. The number of halogens is 2. The van der Waals surface area contributed by atoms with Crippen molar-refractivity contribution < 1.29 is 0 Å². The molecular formula is C13H13BrClN3. The zero-order chi connectivity index (χ0) is 12.7. The van der Waals surface area contributed by atoms with Crippen molar-refractivity contribution in [3.8, 4) is 0 Å². The minimum absolute atomic E-state index is 0.325. The first-order valence-corrected chi connectivity index (χ1v) is 7.21. The molecule has 3 nitrogen and oxygen atoms in total. The Morgan fingerprint density at radius 3 is 2.67 bits per heavy atom. The zero-order valence-electron chi connectivity index (χ0n) is 10.1. The van der Waals surface area contributed by atoms with Crippen LogP contribution in [0.25, 0.3) is 10.9 Å². The third-order valence-corrected chi connectivity index (χ3v) is 4.19. The summed E-state index contributed by atoms with van der Waals surface area (Å²) in [7, 11) is 0. The van der Waals surface area contributed by atoms with Crippen molar-refractivity contribution in [1.82, 2.24) is 9.97 Å². The van der Waals surface area contributed by atoms with Crippen LogP contribution in [0.3, 0.4) is 0 Å². The summed E-state index contributed by atoms with van der Waals surface area (Å²) in [6.07, 6.45) is 2.43. The summed E-state index contributed by atoms with van der Waals surface area (Å²) in [5.74, 6) is 0.957. The highest BCUT2D eigenvalue weighted by Gasteiger charge is 2.20. The van der Waals surface area contributed by atoms with E-state index < -0.39 is 0 Å². The molecule has 0 unspecified atom stereocenters. The summed E-state index contributed by atoms with van der Waals surface area (Å²) in [6, 6.07) is 4.10. The Morgan fingerprint density at radius 1 is 1.22 bits per heavy atom. The summed E-state index contributed by atoms with van der Waals surface area (Å²) in [5.41, 5.74) is 2.06. The molecule has 0 spiro atoms. The van der Waals surface area contributed by atoms with Gasteiger partial charge in [-0.3, -0.25) is 0 Å². The second kappa shape index (κ2) is 4.67. The van der Waals surface area contributed by atoms with E-state index in [1.807, 2.05) is 13.0 Å². The van der Waals surface area contributed by atoms with Crippen LogP contribution in [0.1, 0.15) is 18.4 Å². The molecule has 1 aliphatic heterocycles. The van der Waals surface area contributed by atoms with Crippen LogP contribution >= 0.6 is 27.5 Å². The van der Waals surface area contributed by atoms with E-state index in [0.29, 0.717) is 5.28 Å². The van der Waals surface area contributed by atoms with Crippen molar-refractivity contribution in [2.75, 3.05) is 18.0 Å². The largest absolute Gasteiger partial charge is 0.356 e. The number of aromatic nitrogens is 2. The lowest BCUT2D eigenvalue weighted by Gasteiger charge is -2.19. The third kappa shape index (κ3) is 1.97. The van der Waals surface area contributed by atoms with Crippen LogP contribution in [0.4, 0.5) is 5.82 Å². The number of benzene rings is 1. The molecule has 1 aliphatic rings. The standard InChI is InChI=1S/C13H13BrClN3/c1-8-4-5-9(14)10-11(8)16-13(15)17-12(10)18-6-2-3-7-18/h4-5H,2-3,6-7H2,1H3. The van der Waals surface area contributed by atoms with Gasteiger partial charge in [0, 0.05) is 17.6 Å². The maximum absolute atomic E-state index is 6.06. The minimum Gasteiger partial charge on any atom is -0.356 e. The van der Waals surface area contributed by atoms with Crippen molar-refractivity contribution in [3.63, 3.8) is 0 Å². The Balaban J connectivity index is 2.32. The van der Waals surface area contributed by atoms with Crippen LogP contribution in [0.5, 0.6) is 0 Å². The highest BCUT2D eigenvalue weighted by atomic mass is 79.9. The monoisotopic (exact) mass is 325 g/mol. The first kappa shape index (κ1) is 12.2.